The molecule has 8 heteroatoms. The molecule has 0 radical (unpaired) electrons. The first kappa shape index (κ1) is 35.5. The number of ether oxygens (including phenoxy) is 1. The number of nitrogens with zero attached hydrogens (tertiary/aromatic N) is 1. The average Bonchev–Trinajstić information content (AvgIpc) is 2.79. The Balaban J connectivity index is 0. The van der Waals surface area contributed by atoms with Gasteiger partial charge >= 0.3 is 17.9 Å². The molecule has 0 bridgehead atoms. The largest absolute Gasteiger partial charge is 0.481 e. The Hall–Kier alpha value is -1.67. The quantitative estimate of drug-likeness (QED) is 0.0934. The summed E-state index contributed by atoms with van der Waals surface area (Å²) in [4.78, 5) is 33.2. The van der Waals surface area contributed by atoms with Gasteiger partial charge in [0.25, 0.3) is 0 Å². The lowest BCUT2D eigenvalue weighted by Gasteiger charge is -2.22. The van der Waals surface area contributed by atoms with Crippen LogP contribution in [0.5, 0.6) is 0 Å². The van der Waals surface area contributed by atoms with Crippen LogP contribution in [0.3, 0.4) is 0 Å². The molecule has 0 aromatic heterocycles. The summed E-state index contributed by atoms with van der Waals surface area (Å²) in [5.41, 5.74) is 0. The van der Waals surface area contributed by atoms with Gasteiger partial charge in [0.2, 0.25) is 0 Å². The highest BCUT2D eigenvalue weighted by Gasteiger charge is 2.16. The fourth-order valence-electron chi connectivity index (χ4n) is 3.66. The van der Waals surface area contributed by atoms with Crippen LogP contribution < -0.4 is 0 Å². The third-order valence-electron chi connectivity index (χ3n) is 5.83. The predicted octanol–water partition coefficient (Wildman–Crippen LogP) is 6.00. The summed E-state index contributed by atoms with van der Waals surface area (Å²) in [6.07, 6.45) is 19.0. The second-order valence-corrected chi connectivity index (χ2v) is 9.47. The Kier molecular flexibility index (Phi) is 25.8. The first-order valence-corrected chi connectivity index (χ1v) is 13.6. The zero-order chi connectivity index (χ0) is 26.9. The number of esters is 1. The van der Waals surface area contributed by atoms with Gasteiger partial charge in [0.1, 0.15) is 0 Å². The van der Waals surface area contributed by atoms with Crippen LogP contribution in [-0.4, -0.2) is 64.6 Å². The lowest BCUT2D eigenvalue weighted by Crippen LogP contribution is -2.32. The number of carbonyl (C=O) groups excluding carboxylic acids is 1. The van der Waals surface area contributed by atoms with Crippen LogP contribution in [0.1, 0.15) is 129 Å². The van der Waals surface area contributed by atoms with Crippen LogP contribution in [0.25, 0.3) is 0 Å². The first-order chi connectivity index (χ1) is 16.6. The van der Waals surface area contributed by atoms with E-state index in [1.807, 2.05) is 25.9 Å². The fourth-order valence-corrected chi connectivity index (χ4v) is 3.66. The number of aliphatic hydroxyl groups is 1. The SMILES string of the molecule is CCCCCCCCCCCCCCCCCC(=O)OC(CC)N(C)C.O=C(O)CC(O)C(=O)O. The molecule has 2 unspecified atom stereocenters. The van der Waals surface area contributed by atoms with Crippen LogP contribution in [-0.2, 0) is 19.1 Å². The van der Waals surface area contributed by atoms with Crippen molar-refractivity contribution >= 4 is 17.9 Å². The highest BCUT2D eigenvalue weighted by atomic mass is 16.6. The molecular weight excluding hydrogens is 450 g/mol. The van der Waals surface area contributed by atoms with Gasteiger partial charge < -0.3 is 20.1 Å². The number of carboxylic acids is 2. The summed E-state index contributed by atoms with van der Waals surface area (Å²) in [6, 6.07) is 0. The summed E-state index contributed by atoms with van der Waals surface area (Å²) in [7, 11) is 3.91. The van der Waals surface area contributed by atoms with E-state index in [1.165, 1.54) is 83.5 Å². The van der Waals surface area contributed by atoms with E-state index >= 15 is 0 Å². The summed E-state index contributed by atoms with van der Waals surface area (Å²) in [5, 5.41) is 24.1. The van der Waals surface area contributed by atoms with Gasteiger partial charge in [-0.25, -0.2) is 4.79 Å². The molecule has 0 aromatic carbocycles. The molecule has 2 atom stereocenters. The number of aliphatic carboxylic acids is 2. The fraction of sp³-hybridized carbons (Fsp3) is 0.889. The molecule has 0 saturated carbocycles. The van der Waals surface area contributed by atoms with E-state index in [9.17, 15) is 14.4 Å². The zero-order valence-corrected chi connectivity index (χ0v) is 22.8. The number of carboxylic acid groups (broad SMARTS) is 2. The molecule has 0 aliphatic carbocycles. The molecule has 0 saturated heterocycles. The van der Waals surface area contributed by atoms with Crippen molar-refractivity contribution in [2.24, 2.45) is 0 Å². The molecule has 0 heterocycles. The van der Waals surface area contributed by atoms with Gasteiger partial charge in [-0.05, 0) is 26.9 Å². The van der Waals surface area contributed by atoms with E-state index in [-0.39, 0.29) is 12.2 Å². The molecule has 35 heavy (non-hydrogen) atoms. The van der Waals surface area contributed by atoms with Gasteiger partial charge in [-0.3, -0.25) is 14.5 Å². The van der Waals surface area contributed by atoms with E-state index in [0.29, 0.717) is 6.42 Å². The van der Waals surface area contributed by atoms with Gasteiger partial charge in [0.15, 0.2) is 12.3 Å². The van der Waals surface area contributed by atoms with Crippen molar-refractivity contribution in [3.63, 3.8) is 0 Å². The Morgan fingerprint density at radius 2 is 1.11 bits per heavy atom. The van der Waals surface area contributed by atoms with E-state index in [1.54, 1.807) is 0 Å². The molecule has 3 N–H and O–H groups in total. The predicted molar refractivity (Wildman–Crippen MR) is 139 cm³/mol. The zero-order valence-electron chi connectivity index (χ0n) is 22.8. The maximum Gasteiger partial charge on any atom is 0.333 e. The minimum Gasteiger partial charge on any atom is -0.481 e. The summed E-state index contributed by atoms with van der Waals surface area (Å²) >= 11 is 0. The average molecular weight is 504 g/mol. The Bertz CT molecular complexity index is 526. The molecule has 8 nitrogen and oxygen atoms in total. The minimum absolute atomic E-state index is 0.0414. The van der Waals surface area contributed by atoms with Crippen molar-refractivity contribution in [3.8, 4) is 0 Å². The molecule has 208 valence electrons. The third kappa shape index (κ3) is 26.8. The van der Waals surface area contributed by atoms with Gasteiger partial charge in [-0.2, -0.15) is 0 Å². The maximum atomic E-state index is 11.8. The monoisotopic (exact) mass is 503 g/mol. The molecule has 0 spiro atoms. The van der Waals surface area contributed by atoms with E-state index in [0.717, 1.165) is 19.3 Å². The smallest absolute Gasteiger partial charge is 0.333 e. The van der Waals surface area contributed by atoms with E-state index in [4.69, 9.17) is 20.1 Å². The number of hydrogen-bond donors (Lipinski definition) is 3. The maximum absolute atomic E-state index is 11.8. The lowest BCUT2D eigenvalue weighted by molar-refractivity contribution is -0.157. The lowest BCUT2D eigenvalue weighted by atomic mass is 10.0. The topological polar surface area (TPSA) is 124 Å². The van der Waals surface area contributed by atoms with Crippen molar-refractivity contribution in [2.75, 3.05) is 14.1 Å². The molecule has 0 aliphatic heterocycles. The highest BCUT2D eigenvalue weighted by molar-refractivity contribution is 5.79. The van der Waals surface area contributed by atoms with E-state index < -0.39 is 24.5 Å². The van der Waals surface area contributed by atoms with E-state index in [2.05, 4.69) is 6.92 Å². The molecule has 0 rings (SSSR count). The van der Waals surface area contributed by atoms with Crippen LogP contribution in [0, 0.1) is 0 Å². The summed E-state index contributed by atoms with van der Waals surface area (Å²) in [5.74, 6) is -2.89. The first-order valence-electron chi connectivity index (χ1n) is 13.6. The number of carbonyl (C=O) groups is 3. The molecule has 0 amide bonds. The van der Waals surface area contributed by atoms with Crippen molar-refractivity contribution in [1.29, 1.82) is 0 Å². The van der Waals surface area contributed by atoms with Crippen LogP contribution in [0.4, 0.5) is 0 Å². The van der Waals surface area contributed by atoms with Crippen molar-refractivity contribution in [3.05, 3.63) is 0 Å². The van der Waals surface area contributed by atoms with Crippen molar-refractivity contribution < 1.29 is 34.4 Å². The molecule has 0 aliphatic rings. The number of rotatable bonds is 22. The Labute approximate surface area is 213 Å². The van der Waals surface area contributed by atoms with Gasteiger partial charge in [-0.15, -0.1) is 0 Å². The Morgan fingerprint density at radius 3 is 1.40 bits per heavy atom. The number of unbranched alkanes of at least 4 members (excludes halogenated alkanes) is 14. The van der Waals surface area contributed by atoms with Gasteiger partial charge in [-0.1, -0.05) is 104 Å². The van der Waals surface area contributed by atoms with Crippen LogP contribution in [0.2, 0.25) is 0 Å². The number of hydrogen-bond acceptors (Lipinski definition) is 6. The second-order valence-electron chi connectivity index (χ2n) is 9.47. The van der Waals surface area contributed by atoms with Gasteiger partial charge in [0, 0.05) is 6.42 Å². The summed E-state index contributed by atoms with van der Waals surface area (Å²) < 4.78 is 5.47. The van der Waals surface area contributed by atoms with Crippen LogP contribution >= 0.6 is 0 Å². The Morgan fingerprint density at radius 1 is 0.714 bits per heavy atom. The standard InChI is InChI=1S/C23H47NO2.C4H6O5/c1-5-7-8-9-10-11-12-13-14-15-16-17-18-19-20-21-23(25)26-22(6-2)24(3)4;5-2(4(8)9)1-3(6)7/h22H,5-21H2,1-4H3;2,5H,1H2,(H,6,7)(H,8,9). The number of aliphatic hydroxyl groups excluding tert-OH is 1. The minimum atomic E-state index is -1.79. The molecule has 0 fully saturated rings. The second kappa shape index (κ2) is 25.4. The van der Waals surface area contributed by atoms with Crippen LogP contribution in [0.15, 0.2) is 0 Å². The van der Waals surface area contributed by atoms with Gasteiger partial charge in [0.05, 0.1) is 6.42 Å². The van der Waals surface area contributed by atoms with Crippen molar-refractivity contribution in [2.45, 2.75) is 142 Å². The van der Waals surface area contributed by atoms with Crippen molar-refractivity contribution in [1.82, 2.24) is 4.90 Å². The molecule has 0 aromatic rings. The molecular formula is C27H53NO7. The highest BCUT2D eigenvalue weighted by Crippen LogP contribution is 2.14. The third-order valence-corrected chi connectivity index (χ3v) is 5.83. The summed E-state index contributed by atoms with van der Waals surface area (Å²) in [6.45, 7) is 4.33. The normalized spacial score (nSPS) is 12.5.